The first kappa shape index (κ1) is 7.77. The van der Waals surface area contributed by atoms with Gasteiger partial charge in [-0.2, -0.15) is 0 Å². The predicted octanol–water partition coefficient (Wildman–Crippen LogP) is 1.05. The van der Waals surface area contributed by atoms with Crippen molar-refractivity contribution in [3.8, 4) is 0 Å². The van der Waals surface area contributed by atoms with E-state index in [0.29, 0.717) is 6.04 Å². The lowest BCUT2D eigenvalue weighted by Crippen LogP contribution is -2.27. The predicted molar refractivity (Wildman–Crippen MR) is 49.8 cm³/mol. The van der Waals surface area contributed by atoms with Gasteiger partial charge in [0.15, 0.2) is 0 Å². The normalized spacial score (nSPS) is 29.1. The van der Waals surface area contributed by atoms with Crippen molar-refractivity contribution in [2.75, 3.05) is 6.54 Å². The van der Waals surface area contributed by atoms with Gasteiger partial charge in [0.25, 0.3) is 0 Å². The molecular formula is C10H14N2. The minimum Gasteiger partial charge on any atom is -0.326 e. The van der Waals surface area contributed by atoms with Crippen LogP contribution in [0.5, 0.6) is 0 Å². The van der Waals surface area contributed by atoms with Gasteiger partial charge in [-0.3, -0.25) is 0 Å². The summed E-state index contributed by atoms with van der Waals surface area (Å²) in [6.45, 7) is 1.04. The van der Waals surface area contributed by atoms with Gasteiger partial charge in [0.05, 0.1) is 0 Å². The van der Waals surface area contributed by atoms with Crippen LogP contribution in [0, 0.1) is 0 Å². The topological polar surface area (TPSA) is 38.0 Å². The molecule has 0 aromatic heterocycles. The summed E-state index contributed by atoms with van der Waals surface area (Å²) in [4.78, 5) is 0. The summed E-state index contributed by atoms with van der Waals surface area (Å²) in [5.41, 5.74) is 7.26. The van der Waals surface area contributed by atoms with Crippen LogP contribution < -0.4 is 11.1 Å². The van der Waals surface area contributed by atoms with E-state index in [9.17, 15) is 0 Å². The summed E-state index contributed by atoms with van der Waals surface area (Å²) in [5.74, 6) is 0. The third kappa shape index (κ3) is 1.36. The summed E-state index contributed by atoms with van der Waals surface area (Å²) in [6.07, 6.45) is 1.08. The molecule has 2 atom stereocenters. The van der Waals surface area contributed by atoms with Gasteiger partial charge in [-0.25, -0.2) is 0 Å². The fourth-order valence-corrected chi connectivity index (χ4v) is 1.75. The first-order valence-electron chi connectivity index (χ1n) is 4.42. The molecule has 0 radical (unpaired) electrons. The Kier molecular flexibility index (Phi) is 2.11. The lowest BCUT2D eigenvalue weighted by atomic mass is 10.0. The number of benzene rings is 1. The van der Waals surface area contributed by atoms with Crippen LogP contribution in [-0.4, -0.2) is 12.6 Å². The van der Waals surface area contributed by atoms with E-state index < -0.39 is 0 Å². The third-order valence-corrected chi connectivity index (χ3v) is 2.43. The molecule has 0 amide bonds. The summed E-state index contributed by atoms with van der Waals surface area (Å²) in [7, 11) is 0. The molecule has 64 valence electrons. The molecule has 1 fully saturated rings. The fraction of sp³-hybridized carbons (Fsp3) is 0.400. The van der Waals surface area contributed by atoms with E-state index in [-0.39, 0.29) is 6.04 Å². The van der Waals surface area contributed by atoms with E-state index in [1.807, 2.05) is 6.07 Å². The molecule has 1 heterocycles. The van der Waals surface area contributed by atoms with Gasteiger partial charge < -0.3 is 11.1 Å². The molecule has 2 nitrogen and oxygen atoms in total. The molecule has 0 saturated carbocycles. The smallest absolute Gasteiger partial charge is 0.0474 e. The van der Waals surface area contributed by atoms with Gasteiger partial charge >= 0.3 is 0 Å². The maximum Gasteiger partial charge on any atom is 0.0474 e. The lowest BCUT2D eigenvalue weighted by molar-refractivity contribution is 0.571. The Morgan fingerprint density at radius 1 is 1.25 bits per heavy atom. The number of hydrogen-bond donors (Lipinski definition) is 2. The highest BCUT2D eigenvalue weighted by molar-refractivity contribution is 5.21. The zero-order valence-corrected chi connectivity index (χ0v) is 7.03. The molecule has 12 heavy (non-hydrogen) atoms. The van der Waals surface area contributed by atoms with Crippen molar-refractivity contribution in [1.82, 2.24) is 5.32 Å². The molecule has 1 aliphatic heterocycles. The first-order chi connectivity index (χ1) is 5.88. The summed E-state index contributed by atoms with van der Waals surface area (Å²) >= 11 is 0. The maximum atomic E-state index is 5.95. The van der Waals surface area contributed by atoms with E-state index in [1.54, 1.807) is 0 Å². The third-order valence-electron chi connectivity index (χ3n) is 2.43. The van der Waals surface area contributed by atoms with Gasteiger partial charge in [0.1, 0.15) is 0 Å². The minimum absolute atomic E-state index is 0.285. The molecule has 0 unspecified atom stereocenters. The molecule has 0 bridgehead atoms. The molecule has 1 aliphatic rings. The lowest BCUT2D eigenvalue weighted by Gasteiger charge is -2.15. The van der Waals surface area contributed by atoms with Crippen LogP contribution in [0.1, 0.15) is 18.0 Å². The Morgan fingerprint density at radius 3 is 2.58 bits per heavy atom. The second kappa shape index (κ2) is 3.25. The van der Waals surface area contributed by atoms with Crippen LogP contribution in [0.3, 0.4) is 0 Å². The molecule has 2 rings (SSSR count). The first-order valence-corrected chi connectivity index (χ1v) is 4.42. The molecule has 1 aromatic carbocycles. The van der Waals surface area contributed by atoms with Crippen molar-refractivity contribution in [1.29, 1.82) is 0 Å². The standard InChI is InChI=1S/C10H14N2/c11-9-6-7-12-10(9)8-4-2-1-3-5-8/h1-5,9-10,12H,6-7,11H2/t9-,10-/m0/s1. The zero-order chi connectivity index (χ0) is 8.39. The average molecular weight is 162 g/mol. The molecule has 1 aromatic rings. The van der Waals surface area contributed by atoms with E-state index in [0.717, 1.165) is 13.0 Å². The highest BCUT2D eigenvalue weighted by atomic mass is 15.0. The van der Waals surface area contributed by atoms with E-state index in [1.165, 1.54) is 5.56 Å². The molecule has 2 heteroatoms. The number of nitrogens with two attached hydrogens (primary N) is 1. The Bertz CT molecular complexity index is 245. The Balaban J connectivity index is 2.19. The van der Waals surface area contributed by atoms with Crippen LogP contribution in [0.2, 0.25) is 0 Å². The largest absolute Gasteiger partial charge is 0.326 e. The van der Waals surface area contributed by atoms with Crippen molar-refractivity contribution >= 4 is 0 Å². The minimum atomic E-state index is 0.285. The van der Waals surface area contributed by atoms with Crippen molar-refractivity contribution < 1.29 is 0 Å². The number of hydrogen-bond acceptors (Lipinski definition) is 2. The van der Waals surface area contributed by atoms with Crippen molar-refractivity contribution in [2.45, 2.75) is 18.5 Å². The van der Waals surface area contributed by atoms with Crippen LogP contribution in [0.15, 0.2) is 30.3 Å². The second-order valence-electron chi connectivity index (χ2n) is 3.30. The average Bonchev–Trinajstić information content (AvgIpc) is 2.53. The van der Waals surface area contributed by atoms with Gasteiger partial charge in [0.2, 0.25) is 0 Å². The SMILES string of the molecule is N[C@H]1CCN[C@H]1c1ccccc1. The van der Waals surface area contributed by atoms with E-state index in [2.05, 4.69) is 29.6 Å². The molecule has 1 saturated heterocycles. The van der Waals surface area contributed by atoms with E-state index >= 15 is 0 Å². The number of rotatable bonds is 1. The molecular weight excluding hydrogens is 148 g/mol. The Labute approximate surface area is 72.8 Å². The quantitative estimate of drug-likeness (QED) is 0.647. The van der Waals surface area contributed by atoms with Crippen molar-refractivity contribution in [3.63, 3.8) is 0 Å². The Morgan fingerprint density at radius 2 is 2.00 bits per heavy atom. The highest BCUT2D eigenvalue weighted by Gasteiger charge is 2.23. The number of nitrogens with one attached hydrogen (secondary N) is 1. The van der Waals surface area contributed by atoms with Crippen LogP contribution in [0.4, 0.5) is 0 Å². The van der Waals surface area contributed by atoms with Crippen molar-refractivity contribution in [3.05, 3.63) is 35.9 Å². The zero-order valence-electron chi connectivity index (χ0n) is 7.03. The highest BCUT2D eigenvalue weighted by Crippen LogP contribution is 2.21. The second-order valence-corrected chi connectivity index (χ2v) is 3.30. The monoisotopic (exact) mass is 162 g/mol. The summed E-state index contributed by atoms with van der Waals surface area (Å²) in [6, 6.07) is 11.1. The molecule has 0 aliphatic carbocycles. The van der Waals surface area contributed by atoms with Gasteiger partial charge in [0, 0.05) is 12.1 Å². The summed E-state index contributed by atoms with van der Waals surface area (Å²) in [5, 5.41) is 3.40. The molecule has 3 N–H and O–H groups in total. The van der Waals surface area contributed by atoms with Gasteiger partial charge in [-0.1, -0.05) is 30.3 Å². The van der Waals surface area contributed by atoms with Gasteiger partial charge in [-0.05, 0) is 18.5 Å². The van der Waals surface area contributed by atoms with Crippen LogP contribution in [-0.2, 0) is 0 Å². The summed E-state index contributed by atoms with van der Waals surface area (Å²) < 4.78 is 0. The maximum absolute atomic E-state index is 5.95. The Hall–Kier alpha value is -0.860. The van der Waals surface area contributed by atoms with Crippen molar-refractivity contribution in [2.24, 2.45) is 5.73 Å². The van der Waals surface area contributed by atoms with Gasteiger partial charge in [-0.15, -0.1) is 0 Å². The van der Waals surface area contributed by atoms with E-state index in [4.69, 9.17) is 5.73 Å². The van der Waals surface area contributed by atoms with Crippen LogP contribution in [0.25, 0.3) is 0 Å². The van der Waals surface area contributed by atoms with Crippen LogP contribution >= 0.6 is 0 Å². The fourth-order valence-electron chi connectivity index (χ4n) is 1.75. The molecule has 0 spiro atoms.